The number of alkyl halides is 1. The summed E-state index contributed by atoms with van der Waals surface area (Å²) in [6.07, 6.45) is 3.00. The van der Waals surface area contributed by atoms with E-state index in [4.69, 9.17) is 16.3 Å². The maximum absolute atomic E-state index is 12.3. The predicted molar refractivity (Wildman–Crippen MR) is 74.7 cm³/mol. The van der Waals surface area contributed by atoms with Gasteiger partial charge in [0.05, 0.1) is 12.5 Å². The monoisotopic (exact) mass is 279 g/mol. The number of ether oxygens (including phenoxy) is 1. The third-order valence-electron chi connectivity index (χ3n) is 4.15. The molecule has 1 heterocycles. The fraction of sp³-hybridized carbons (Fsp3) is 0.533. The van der Waals surface area contributed by atoms with Gasteiger partial charge >= 0.3 is 0 Å². The lowest BCUT2D eigenvalue weighted by atomic mass is 9.92. The number of halogens is 1. The van der Waals surface area contributed by atoms with E-state index < -0.39 is 0 Å². The number of carbonyl (C=O) groups excluding carboxylic acids is 1. The van der Waals surface area contributed by atoms with E-state index in [1.807, 2.05) is 24.3 Å². The van der Waals surface area contributed by atoms with E-state index in [0.717, 1.165) is 30.6 Å². The summed E-state index contributed by atoms with van der Waals surface area (Å²) in [5, 5.41) is 3.07. The normalized spacial score (nSPS) is 23.1. The first-order chi connectivity index (χ1) is 9.24. The molecule has 0 saturated heterocycles. The van der Waals surface area contributed by atoms with Crippen molar-refractivity contribution < 1.29 is 9.53 Å². The summed E-state index contributed by atoms with van der Waals surface area (Å²) in [5.74, 6) is 1.49. The fourth-order valence-electron chi connectivity index (χ4n) is 2.55. The minimum Gasteiger partial charge on any atom is -0.493 e. The van der Waals surface area contributed by atoms with Crippen LogP contribution in [0, 0.1) is 5.41 Å². The van der Waals surface area contributed by atoms with Crippen molar-refractivity contribution in [1.82, 2.24) is 5.32 Å². The topological polar surface area (TPSA) is 38.3 Å². The summed E-state index contributed by atoms with van der Waals surface area (Å²) in [5.41, 5.74) is 1.17. The Balaban J connectivity index is 1.67. The first kappa shape index (κ1) is 12.8. The van der Waals surface area contributed by atoms with E-state index in [-0.39, 0.29) is 17.2 Å². The van der Waals surface area contributed by atoms with Crippen molar-refractivity contribution in [3.8, 4) is 5.75 Å². The number of hydrogen-bond donors (Lipinski definition) is 1. The van der Waals surface area contributed by atoms with Crippen LogP contribution in [0.4, 0.5) is 0 Å². The molecule has 1 aromatic rings. The maximum Gasteiger partial charge on any atom is 0.227 e. The van der Waals surface area contributed by atoms with Gasteiger partial charge in [-0.05, 0) is 25.3 Å². The van der Waals surface area contributed by atoms with Crippen LogP contribution in [0.1, 0.15) is 30.7 Å². The highest BCUT2D eigenvalue weighted by molar-refractivity contribution is 6.18. The molecule has 1 saturated carbocycles. The van der Waals surface area contributed by atoms with Gasteiger partial charge in [-0.15, -0.1) is 11.6 Å². The Bertz CT molecular complexity index is 485. The van der Waals surface area contributed by atoms with Gasteiger partial charge in [0.1, 0.15) is 5.75 Å². The quantitative estimate of drug-likeness (QED) is 0.861. The molecule has 1 fully saturated rings. The third-order valence-corrected chi connectivity index (χ3v) is 4.72. The molecular weight excluding hydrogens is 262 g/mol. The molecule has 1 amide bonds. The zero-order valence-corrected chi connectivity index (χ0v) is 11.6. The average Bonchev–Trinajstić information content (AvgIpc) is 3.25. The summed E-state index contributed by atoms with van der Waals surface area (Å²) in [4.78, 5) is 12.3. The Hall–Kier alpha value is -1.22. The Labute approximate surface area is 118 Å². The highest BCUT2D eigenvalue weighted by Crippen LogP contribution is 2.46. The molecule has 4 heteroatoms. The van der Waals surface area contributed by atoms with Crippen molar-refractivity contribution in [1.29, 1.82) is 0 Å². The first-order valence-electron chi connectivity index (χ1n) is 6.79. The lowest BCUT2D eigenvalue weighted by molar-refractivity contribution is -0.123. The SMILES string of the molecule is O=C(NCC1(CCl)CC1)C1CCOc2ccccc21. The summed E-state index contributed by atoms with van der Waals surface area (Å²) in [6, 6.07) is 7.80. The molecule has 0 bridgehead atoms. The van der Waals surface area contributed by atoms with Gasteiger partial charge in [-0.25, -0.2) is 0 Å². The van der Waals surface area contributed by atoms with Crippen molar-refractivity contribution >= 4 is 17.5 Å². The molecule has 102 valence electrons. The largest absolute Gasteiger partial charge is 0.493 e. The van der Waals surface area contributed by atoms with Crippen molar-refractivity contribution in [2.75, 3.05) is 19.0 Å². The highest BCUT2D eigenvalue weighted by atomic mass is 35.5. The molecule has 3 nitrogen and oxygen atoms in total. The van der Waals surface area contributed by atoms with Crippen molar-refractivity contribution in [3.63, 3.8) is 0 Å². The van der Waals surface area contributed by atoms with Gasteiger partial charge in [0, 0.05) is 23.4 Å². The number of nitrogens with one attached hydrogen (secondary N) is 1. The summed E-state index contributed by atoms with van der Waals surface area (Å²) >= 11 is 5.93. The number of para-hydroxylation sites is 1. The van der Waals surface area contributed by atoms with Crippen LogP contribution in [0.2, 0.25) is 0 Å². The fourth-order valence-corrected chi connectivity index (χ4v) is 2.91. The Morgan fingerprint density at radius 3 is 2.95 bits per heavy atom. The van der Waals surface area contributed by atoms with Gasteiger partial charge in [-0.1, -0.05) is 18.2 Å². The zero-order valence-electron chi connectivity index (χ0n) is 10.8. The van der Waals surface area contributed by atoms with Gasteiger partial charge in [0.25, 0.3) is 0 Å². The van der Waals surface area contributed by atoms with Gasteiger partial charge in [0.2, 0.25) is 5.91 Å². The van der Waals surface area contributed by atoms with E-state index in [2.05, 4.69) is 5.32 Å². The number of fused-ring (bicyclic) bond motifs is 1. The first-order valence-corrected chi connectivity index (χ1v) is 7.33. The second-order valence-corrected chi connectivity index (χ2v) is 5.85. The van der Waals surface area contributed by atoms with Gasteiger partial charge < -0.3 is 10.1 Å². The van der Waals surface area contributed by atoms with Crippen LogP contribution in [0.15, 0.2) is 24.3 Å². The predicted octanol–water partition coefficient (Wildman–Crippen LogP) is 2.69. The van der Waals surface area contributed by atoms with Crippen LogP contribution < -0.4 is 10.1 Å². The number of amides is 1. The van der Waals surface area contributed by atoms with Crippen molar-refractivity contribution in [2.24, 2.45) is 5.41 Å². The minimum absolute atomic E-state index is 0.0870. The molecule has 19 heavy (non-hydrogen) atoms. The molecule has 1 atom stereocenters. The van der Waals surface area contributed by atoms with Crippen LogP contribution in [0.5, 0.6) is 5.75 Å². The Kier molecular flexibility index (Phi) is 3.40. The van der Waals surface area contributed by atoms with Crippen LogP contribution in [0.25, 0.3) is 0 Å². The number of hydrogen-bond acceptors (Lipinski definition) is 2. The molecule has 1 N–H and O–H groups in total. The highest BCUT2D eigenvalue weighted by Gasteiger charge is 2.42. The van der Waals surface area contributed by atoms with E-state index in [1.54, 1.807) is 0 Å². The molecule has 1 aliphatic carbocycles. The zero-order chi connectivity index (χ0) is 13.3. The summed E-state index contributed by atoms with van der Waals surface area (Å²) in [6.45, 7) is 1.31. The van der Waals surface area contributed by atoms with E-state index >= 15 is 0 Å². The number of benzene rings is 1. The lowest BCUT2D eigenvalue weighted by Gasteiger charge is -2.25. The number of rotatable bonds is 4. The molecule has 1 aromatic carbocycles. The van der Waals surface area contributed by atoms with Crippen LogP contribution in [0.3, 0.4) is 0 Å². The smallest absolute Gasteiger partial charge is 0.227 e. The second-order valence-electron chi connectivity index (χ2n) is 5.58. The average molecular weight is 280 g/mol. The molecule has 1 unspecified atom stereocenters. The Morgan fingerprint density at radius 1 is 1.42 bits per heavy atom. The van der Waals surface area contributed by atoms with Crippen molar-refractivity contribution in [3.05, 3.63) is 29.8 Å². The maximum atomic E-state index is 12.3. The van der Waals surface area contributed by atoms with E-state index in [9.17, 15) is 4.79 Å². The molecule has 2 aliphatic rings. The molecule has 3 rings (SSSR count). The molecule has 0 aromatic heterocycles. The van der Waals surface area contributed by atoms with Gasteiger partial charge in [-0.2, -0.15) is 0 Å². The van der Waals surface area contributed by atoms with Crippen LogP contribution >= 0.6 is 11.6 Å². The molecule has 0 radical (unpaired) electrons. The van der Waals surface area contributed by atoms with Crippen LogP contribution in [-0.4, -0.2) is 24.9 Å². The molecule has 1 aliphatic heterocycles. The minimum atomic E-state index is -0.0870. The Morgan fingerprint density at radius 2 is 2.21 bits per heavy atom. The molecule has 0 spiro atoms. The summed E-state index contributed by atoms with van der Waals surface area (Å²) < 4.78 is 5.58. The second kappa shape index (κ2) is 5.04. The van der Waals surface area contributed by atoms with E-state index in [0.29, 0.717) is 19.0 Å². The number of carbonyl (C=O) groups is 1. The van der Waals surface area contributed by atoms with Gasteiger partial charge in [0.15, 0.2) is 0 Å². The van der Waals surface area contributed by atoms with Crippen molar-refractivity contribution in [2.45, 2.75) is 25.2 Å². The third kappa shape index (κ3) is 2.57. The van der Waals surface area contributed by atoms with E-state index in [1.165, 1.54) is 0 Å². The molecular formula is C15H18ClNO2. The lowest BCUT2D eigenvalue weighted by Crippen LogP contribution is -2.36. The van der Waals surface area contributed by atoms with Crippen LogP contribution in [-0.2, 0) is 4.79 Å². The summed E-state index contributed by atoms with van der Waals surface area (Å²) in [7, 11) is 0. The standard InChI is InChI=1S/C15H18ClNO2/c16-9-15(6-7-15)10-17-14(18)12-5-8-19-13-4-2-1-3-11(12)13/h1-4,12H,5-10H2,(H,17,18). The van der Waals surface area contributed by atoms with Gasteiger partial charge in [-0.3, -0.25) is 4.79 Å².